The van der Waals surface area contributed by atoms with Crippen molar-refractivity contribution in [2.24, 2.45) is 0 Å². The van der Waals surface area contributed by atoms with E-state index in [1.807, 2.05) is 38.1 Å². The van der Waals surface area contributed by atoms with Gasteiger partial charge in [-0.25, -0.2) is 8.42 Å². The number of nitrogens with zero attached hydrogens (tertiary/aromatic N) is 2. The molecular weight excluding hydrogens is 553 g/mol. The minimum absolute atomic E-state index is 0.0878. The van der Waals surface area contributed by atoms with Gasteiger partial charge in [-0.1, -0.05) is 51.3 Å². The average Bonchev–Trinajstić information content (AvgIpc) is 2.69. The number of benzene rings is 2. The molecule has 0 heterocycles. The molecule has 0 radical (unpaired) electrons. The summed E-state index contributed by atoms with van der Waals surface area (Å²) >= 11 is 15.6. The monoisotopic (exact) mass is 577 g/mol. The quantitative estimate of drug-likeness (QED) is 0.476. The topological polar surface area (TPSA) is 86.8 Å². The van der Waals surface area contributed by atoms with Gasteiger partial charge in [-0.05, 0) is 56.7 Å². The van der Waals surface area contributed by atoms with E-state index in [0.29, 0.717) is 5.02 Å². The summed E-state index contributed by atoms with van der Waals surface area (Å²) in [6.45, 7) is 4.82. The van der Waals surface area contributed by atoms with Crippen molar-refractivity contribution in [1.82, 2.24) is 10.2 Å². The first kappa shape index (κ1) is 27.4. The maximum Gasteiger partial charge on any atom is 0.244 e. The van der Waals surface area contributed by atoms with Crippen LogP contribution in [0.2, 0.25) is 10.0 Å². The van der Waals surface area contributed by atoms with Crippen LogP contribution in [0.4, 0.5) is 5.69 Å². The maximum absolute atomic E-state index is 13.4. The molecule has 0 spiro atoms. The molecule has 7 nitrogen and oxygen atoms in total. The van der Waals surface area contributed by atoms with Gasteiger partial charge in [-0.15, -0.1) is 0 Å². The van der Waals surface area contributed by atoms with Crippen molar-refractivity contribution < 1.29 is 18.0 Å². The van der Waals surface area contributed by atoms with Crippen molar-refractivity contribution in [3.63, 3.8) is 0 Å². The molecule has 0 aliphatic carbocycles. The van der Waals surface area contributed by atoms with Crippen molar-refractivity contribution in [3.8, 4) is 0 Å². The summed E-state index contributed by atoms with van der Waals surface area (Å²) in [4.78, 5) is 27.5. The van der Waals surface area contributed by atoms with Gasteiger partial charge >= 0.3 is 0 Å². The number of hydrogen-bond donors (Lipinski definition) is 1. The number of hydrogen-bond acceptors (Lipinski definition) is 4. The standard InChI is InChI=1S/C22H26BrCl2N3O4S/c1-14(2)26-22(30)15(3)27(12-16-6-5-7-17(23)10-16)21(29)13-28(33(4,31)32)20-9-8-18(24)11-19(20)25/h5-11,14-15H,12-13H2,1-4H3,(H,26,30)/t15-/m1/s1. The predicted octanol–water partition coefficient (Wildman–Crippen LogP) is 4.46. The van der Waals surface area contributed by atoms with Crippen LogP contribution in [-0.4, -0.2) is 50.0 Å². The van der Waals surface area contributed by atoms with Crippen LogP contribution in [0.3, 0.4) is 0 Å². The Morgan fingerprint density at radius 1 is 1.09 bits per heavy atom. The van der Waals surface area contributed by atoms with Gasteiger partial charge in [-0.3, -0.25) is 13.9 Å². The zero-order chi connectivity index (χ0) is 24.9. The largest absolute Gasteiger partial charge is 0.352 e. The van der Waals surface area contributed by atoms with Crippen molar-refractivity contribution >= 4 is 66.7 Å². The first-order chi connectivity index (χ1) is 15.3. The summed E-state index contributed by atoms with van der Waals surface area (Å²) in [5.74, 6) is -0.901. The SMILES string of the molecule is CC(C)NC(=O)[C@@H](C)N(Cc1cccc(Br)c1)C(=O)CN(c1ccc(Cl)cc1Cl)S(C)(=O)=O. The van der Waals surface area contributed by atoms with Gasteiger partial charge in [0.1, 0.15) is 12.6 Å². The highest BCUT2D eigenvalue weighted by molar-refractivity contribution is 9.10. The van der Waals surface area contributed by atoms with Crippen molar-refractivity contribution in [2.45, 2.75) is 39.4 Å². The molecule has 0 saturated heterocycles. The molecular formula is C22H26BrCl2N3O4S. The van der Waals surface area contributed by atoms with Crippen LogP contribution < -0.4 is 9.62 Å². The molecule has 11 heteroatoms. The first-order valence-electron chi connectivity index (χ1n) is 10.1. The average molecular weight is 579 g/mol. The van der Waals surface area contributed by atoms with Gasteiger partial charge in [0.25, 0.3) is 0 Å². The number of anilines is 1. The lowest BCUT2D eigenvalue weighted by molar-refractivity contribution is -0.139. The van der Waals surface area contributed by atoms with Crippen LogP contribution in [0.25, 0.3) is 0 Å². The summed E-state index contributed by atoms with van der Waals surface area (Å²) in [7, 11) is -3.88. The Kier molecular flexibility index (Phi) is 9.60. The number of amides is 2. The molecule has 2 rings (SSSR count). The van der Waals surface area contributed by atoms with E-state index in [1.165, 1.54) is 23.1 Å². The lowest BCUT2D eigenvalue weighted by Crippen LogP contribution is -2.52. The molecule has 33 heavy (non-hydrogen) atoms. The molecule has 180 valence electrons. The number of rotatable bonds is 9. The Morgan fingerprint density at radius 3 is 2.30 bits per heavy atom. The molecule has 2 aromatic carbocycles. The normalized spacial score (nSPS) is 12.4. The van der Waals surface area contributed by atoms with E-state index in [-0.39, 0.29) is 29.2 Å². The van der Waals surface area contributed by atoms with Gasteiger partial charge in [0, 0.05) is 22.1 Å². The molecule has 0 fully saturated rings. The second-order valence-corrected chi connectivity index (χ2v) is 11.5. The van der Waals surface area contributed by atoms with Crippen molar-refractivity contribution in [2.75, 3.05) is 17.1 Å². The fourth-order valence-corrected chi connectivity index (χ4v) is 4.97. The number of carbonyl (C=O) groups excluding carboxylic acids is 2. The van der Waals surface area contributed by atoms with E-state index in [9.17, 15) is 18.0 Å². The van der Waals surface area contributed by atoms with Crippen LogP contribution in [0, 0.1) is 0 Å². The summed E-state index contributed by atoms with van der Waals surface area (Å²) in [5, 5.41) is 3.22. The van der Waals surface area contributed by atoms with Gasteiger partial charge in [0.05, 0.1) is 17.0 Å². The molecule has 0 saturated carbocycles. The van der Waals surface area contributed by atoms with E-state index in [4.69, 9.17) is 23.2 Å². The van der Waals surface area contributed by atoms with Crippen molar-refractivity contribution in [1.29, 1.82) is 0 Å². The van der Waals surface area contributed by atoms with Gasteiger partial charge in [0.2, 0.25) is 21.8 Å². The summed E-state index contributed by atoms with van der Waals surface area (Å²) in [6, 6.07) is 10.7. The van der Waals surface area contributed by atoms with Crippen LogP contribution in [0.15, 0.2) is 46.9 Å². The molecule has 0 bridgehead atoms. The predicted molar refractivity (Wildman–Crippen MR) is 136 cm³/mol. The van der Waals surface area contributed by atoms with E-state index in [0.717, 1.165) is 20.6 Å². The van der Waals surface area contributed by atoms with E-state index < -0.39 is 28.5 Å². The summed E-state index contributed by atoms with van der Waals surface area (Å²) in [6.07, 6.45) is 0.985. The minimum atomic E-state index is -3.88. The zero-order valence-corrected chi connectivity index (χ0v) is 22.6. The molecule has 1 atom stereocenters. The van der Waals surface area contributed by atoms with Gasteiger partial charge in [-0.2, -0.15) is 0 Å². The smallest absolute Gasteiger partial charge is 0.244 e. The third-order valence-corrected chi connectivity index (χ3v) is 6.86. The zero-order valence-electron chi connectivity index (χ0n) is 18.7. The second kappa shape index (κ2) is 11.6. The molecule has 0 aliphatic heterocycles. The van der Waals surface area contributed by atoms with Crippen LogP contribution >= 0.6 is 39.1 Å². The van der Waals surface area contributed by atoms with Crippen LogP contribution in [0.1, 0.15) is 26.3 Å². The number of halogens is 3. The fourth-order valence-electron chi connectivity index (χ4n) is 3.10. The summed E-state index contributed by atoms with van der Waals surface area (Å²) in [5.41, 5.74) is 0.899. The number of carbonyl (C=O) groups is 2. The Morgan fingerprint density at radius 2 is 1.76 bits per heavy atom. The molecule has 1 N–H and O–H groups in total. The van der Waals surface area contributed by atoms with Gasteiger partial charge < -0.3 is 10.2 Å². The van der Waals surface area contributed by atoms with Crippen molar-refractivity contribution in [3.05, 3.63) is 62.5 Å². The second-order valence-electron chi connectivity index (χ2n) is 7.86. The van der Waals surface area contributed by atoms with Crippen LogP contribution in [-0.2, 0) is 26.2 Å². The Hall–Kier alpha value is -1.81. The molecule has 0 aliphatic rings. The Balaban J connectivity index is 2.42. The third kappa shape index (κ3) is 7.88. The van der Waals surface area contributed by atoms with Crippen LogP contribution in [0.5, 0.6) is 0 Å². The maximum atomic E-state index is 13.4. The third-order valence-electron chi connectivity index (χ3n) is 4.70. The van der Waals surface area contributed by atoms with Gasteiger partial charge in [0.15, 0.2) is 0 Å². The lowest BCUT2D eigenvalue weighted by atomic mass is 10.1. The number of nitrogens with one attached hydrogen (secondary N) is 1. The highest BCUT2D eigenvalue weighted by Gasteiger charge is 2.31. The highest BCUT2D eigenvalue weighted by Crippen LogP contribution is 2.30. The van der Waals surface area contributed by atoms with E-state index in [2.05, 4.69) is 21.2 Å². The molecule has 2 amide bonds. The molecule has 0 aromatic heterocycles. The Labute approximate surface area is 213 Å². The highest BCUT2D eigenvalue weighted by atomic mass is 79.9. The fraction of sp³-hybridized carbons (Fsp3) is 0.364. The minimum Gasteiger partial charge on any atom is -0.352 e. The molecule has 2 aromatic rings. The lowest BCUT2D eigenvalue weighted by Gasteiger charge is -2.32. The van der Waals surface area contributed by atoms with E-state index in [1.54, 1.807) is 6.92 Å². The first-order valence-corrected chi connectivity index (χ1v) is 13.5. The molecule has 0 unspecified atom stereocenters. The summed E-state index contributed by atoms with van der Waals surface area (Å²) < 4.78 is 26.8. The Bertz CT molecular complexity index is 1130. The van der Waals surface area contributed by atoms with E-state index >= 15 is 0 Å². The number of sulfonamides is 1.